The van der Waals surface area contributed by atoms with Crippen LogP contribution < -0.4 is 5.32 Å². The lowest BCUT2D eigenvalue weighted by atomic mass is 10.1. The van der Waals surface area contributed by atoms with Crippen molar-refractivity contribution in [2.45, 2.75) is 19.8 Å². The Morgan fingerprint density at radius 2 is 2.20 bits per heavy atom. The number of hydrogen-bond acceptors (Lipinski definition) is 4. The van der Waals surface area contributed by atoms with Gasteiger partial charge in [0.2, 0.25) is 0 Å². The molecule has 1 amide bonds. The van der Waals surface area contributed by atoms with Crippen molar-refractivity contribution >= 4 is 17.6 Å². The lowest BCUT2D eigenvalue weighted by Gasteiger charge is -2.11. The number of hydrogen-bond donors (Lipinski definition) is 2. The number of rotatable bonds is 7. The van der Waals surface area contributed by atoms with Crippen LogP contribution in [0.1, 0.15) is 30.3 Å². The van der Waals surface area contributed by atoms with E-state index in [0.29, 0.717) is 13.0 Å². The maximum atomic E-state index is 11.9. The maximum Gasteiger partial charge on any atom is 0.303 e. The van der Waals surface area contributed by atoms with Gasteiger partial charge in [-0.2, -0.15) is 0 Å². The Labute approximate surface area is 115 Å². The van der Waals surface area contributed by atoms with Crippen LogP contribution in [-0.4, -0.2) is 33.0 Å². The molecule has 0 spiro atoms. The number of aryl methyl sites for hydroxylation is 1. The molecule has 0 fully saturated rings. The molecular weight excluding hydrogens is 266 g/mol. The second-order valence-corrected chi connectivity index (χ2v) is 4.70. The Kier molecular flexibility index (Phi) is 5.24. The van der Waals surface area contributed by atoms with E-state index in [1.54, 1.807) is 7.05 Å². The SMILES string of the molecule is CC(CCC(=O)O)CNC(=O)c1cc([N+](=O)[O-])cn1C. The lowest BCUT2D eigenvalue weighted by molar-refractivity contribution is -0.384. The van der Waals surface area contributed by atoms with Gasteiger partial charge in [0.05, 0.1) is 11.1 Å². The van der Waals surface area contributed by atoms with Gasteiger partial charge in [0.1, 0.15) is 5.69 Å². The van der Waals surface area contributed by atoms with E-state index in [1.165, 1.54) is 16.8 Å². The fourth-order valence-corrected chi connectivity index (χ4v) is 1.70. The van der Waals surface area contributed by atoms with Crippen molar-refractivity contribution in [1.82, 2.24) is 9.88 Å². The molecule has 8 nitrogen and oxygen atoms in total. The van der Waals surface area contributed by atoms with Crippen molar-refractivity contribution in [3.63, 3.8) is 0 Å². The number of carbonyl (C=O) groups excluding carboxylic acids is 1. The fraction of sp³-hybridized carbons (Fsp3) is 0.500. The zero-order valence-corrected chi connectivity index (χ0v) is 11.3. The molecule has 0 aliphatic heterocycles. The molecule has 20 heavy (non-hydrogen) atoms. The predicted molar refractivity (Wildman–Crippen MR) is 70.4 cm³/mol. The second-order valence-electron chi connectivity index (χ2n) is 4.70. The molecule has 8 heteroatoms. The minimum absolute atomic E-state index is 0.0188. The van der Waals surface area contributed by atoms with Crippen LogP contribution in [0.15, 0.2) is 12.3 Å². The van der Waals surface area contributed by atoms with Crippen molar-refractivity contribution in [3.8, 4) is 0 Å². The third kappa shape index (κ3) is 4.38. The monoisotopic (exact) mass is 283 g/mol. The van der Waals surface area contributed by atoms with Crippen LogP contribution in [0.3, 0.4) is 0 Å². The average Bonchev–Trinajstić information content (AvgIpc) is 2.75. The first-order chi connectivity index (χ1) is 9.31. The molecule has 110 valence electrons. The normalized spacial score (nSPS) is 11.9. The Balaban J connectivity index is 2.54. The van der Waals surface area contributed by atoms with Crippen LogP contribution in [0, 0.1) is 16.0 Å². The summed E-state index contributed by atoms with van der Waals surface area (Å²) < 4.78 is 1.38. The molecule has 0 saturated heterocycles. The van der Waals surface area contributed by atoms with Crippen LogP contribution in [0.25, 0.3) is 0 Å². The molecule has 1 unspecified atom stereocenters. The maximum absolute atomic E-state index is 11.9. The minimum atomic E-state index is -0.874. The number of nitrogens with one attached hydrogen (secondary N) is 1. The highest BCUT2D eigenvalue weighted by Crippen LogP contribution is 2.15. The van der Waals surface area contributed by atoms with Crippen LogP contribution in [0.2, 0.25) is 0 Å². The minimum Gasteiger partial charge on any atom is -0.481 e. The fourth-order valence-electron chi connectivity index (χ4n) is 1.70. The molecular formula is C12H17N3O5. The summed E-state index contributed by atoms with van der Waals surface area (Å²) in [6, 6.07) is 1.21. The molecule has 0 aliphatic carbocycles. The van der Waals surface area contributed by atoms with Crippen LogP contribution in [-0.2, 0) is 11.8 Å². The average molecular weight is 283 g/mol. The molecule has 1 rings (SSSR count). The first-order valence-electron chi connectivity index (χ1n) is 6.12. The van der Waals surface area contributed by atoms with Crippen LogP contribution in [0.4, 0.5) is 5.69 Å². The first kappa shape index (κ1) is 15.7. The van der Waals surface area contributed by atoms with E-state index in [2.05, 4.69) is 5.32 Å². The highest BCUT2D eigenvalue weighted by atomic mass is 16.6. The summed E-state index contributed by atoms with van der Waals surface area (Å²) in [7, 11) is 1.55. The molecule has 1 atom stereocenters. The molecule has 1 heterocycles. The summed E-state index contributed by atoms with van der Waals surface area (Å²) in [5, 5.41) is 21.8. The van der Waals surface area contributed by atoms with Crippen molar-refractivity contribution in [2.24, 2.45) is 13.0 Å². The Morgan fingerprint density at radius 3 is 2.70 bits per heavy atom. The molecule has 0 aliphatic rings. The van der Waals surface area contributed by atoms with E-state index in [9.17, 15) is 19.7 Å². The number of carboxylic acid groups (broad SMARTS) is 1. The Bertz CT molecular complexity index is 523. The van der Waals surface area contributed by atoms with E-state index >= 15 is 0 Å². The highest BCUT2D eigenvalue weighted by Gasteiger charge is 2.17. The summed E-state index contributed by atoms with van der Waals surface area (Å²) >= 11 is 0. The van der Waals surface area contributed by atoms with Crippen molar-refractivity contribution in [2.75, 3.05) is 6.54 Å². The van der Waals surface area contributed by atoms with E-state index in [4.69, 9.17) is 5.11 Å². The van der Waals surface area contributed by atoms with E-state index in [0.717, 1.165) is 0 Å². The zero-order valence-electron chi connectivity index (χ0n) is 11.3. The lowest BCUT2D eigenvalue weighted by Crippen LogP contribution is -2.29. The van der Waals surface area contributed by atoms with Gasteiger partial charge in [-0.15, -0.1) is 0 Å². The number of carboxylic acids is 1. The molecule has 1 aromatic heterocycles. The van der Waals surface area contributed by atoms with Gasteiger partial charge in [-0.3, -0.25) is 19.7 Å². The van der Waals surface area contributed by atoms with Crippen molar-refractivity contribution in [3.05, 3.63) is 28.1 Å². The Morgan fingerprint density at radius 1 is 1.55 bits per heavy atom. The number of aliphatic carboxylic acids is 1. The summed E-state index contributed by atoms with van der Waals surface area (Å²) in [6.45, 7) is 2.15. The molecule has 0 bridgehead atoms. The third-order valence-electron chi connectivity index (χ3n) is 2.90. The smallest absolute Gasteiger partial charge is 0.303 e. The van der Waals surface area contributed by atoms with E-state index in [-0.39, 0.29) is 23.7 Å². The van der Waals surface area contributed by atoms with Gasteiger partial charge in [0.15, 0.2) is 0 Å². The molecule has 1 aromatic rings. The van der Waals surface area contributed by atoms with Crippen LogP contribution >= 0.6 is 0 Å². The predicted octanol–water partition coefficient (Wildman–Crippen LogP) is 1.16. The number of aromatic nitrogens is 1. The summed E-state index contributed by atoms with van der Waals surface area (Å²) in [6.07, 6.45) is 1.78. The number of nitro groups is 1. The van der Waals surface area contributed by atoms with E-state index in [1.807, 2.05) is 6.92 Å². The van der Waals surface area contributed by atoms with Gasteiger partial charge in [0.25, 0.3) is 11.6 Å². The zero-order chi connectivity index (χ0) is 15.3. The topological polar surface area (TPSA) is 114 Å². The van der Waals surface area contributed by atoms with Gasteiger partial charge < -0.3 is 15.0 Å². The van der Waals surface area contributed by atoms with Gasteiger partial charge in [0, 0.05) is 26.1 Å². The molecule has 0 aromatic carbocycles. The number of amides is 1. The summed E-state index contributed by atoms with van der Waals surface area (Å²) in [4.78, 5) is 32.3. The Hall–Kier alpha value is -2.38. The quantitative estimate of drug-likeness (QED) is 0.575. The highest BCUT2D eigenvalue weighted by molar-refractivity contribution is 5.93. The number of carbonyl (C=O) groups is 2. The summed E-state index contributed by atoms with van der Waals surface area (Å²) in [5.74, 6) is -1.27. The largest absolute Gasteiger partial charge is 0.481 e. The molecule has 2 N–H and O–H groups in total. The van der Waals surface area contributed by atoms with E-state index < -0.39 is 16.8 Å². The van der Waals surface area contributed by atoms with Gasteiger partial charge in [-0.25, -0.2) is 0 Å². The van der Waals surface area contributed by atoms with Gasteiger partial charge in [-0.05, 0) is 12.3 Å². The second kappa shape index (κ2) is 6.69. The molecule has 0 radical (unpaired) electrons. The van der Waals surface area contributed by atoms with Crippen molar-refractivity contribution in [1.29, 1.82) is 0 Å². The standard InChI is InChI=1S/C12H17N3O5/c1-8(3-4-11(16)17)6-13-12(18)10-5-9(15(19)20)7-14(10)2/h5,7-8H,3-4,6H2,1-2H3,(H,13,18)(H,16,17). The van der Waals surface area contributed by atoms with Crippen LogP contribution in [0.5, 0.6) is 0 Å². The van der Waals surface area contributed by atoms with Gasteiger partial charge in [-0.1, -0.05) is 6.92 Å². The summed E-state index contributed by atoms with van der Waals surface area (Å²) in [5.41, 5.74) is 0.0544. The third-order valence-corrected chi connectivity index (χ3v) is 2.90. The number of nitrogens with zero attached hydrogens (tertiary/aromatic N) is 2. The first-order valence-corrected chi connectivity index (χ1v) is 6.12. The van der Waals surface area contributed by atoms with Gasteiger partial charge >= 0.3 is 5.97 Å². The van der Waals surface area contributed by atoms with Crippen molar-refractivity contribution < 1.29 is 19.6 Å². The molecule has 0 saturated carbocycles.